The van der Waals surface area contributed by atoms with Gasteiger partial charge < -0.3 is 10.5 Å². The van der Waals surface area contributed by atoms with Crippen molar-refractivity contribution in [3.05, 3.63) is 28.8 Å². The number of ether oxygens (including phenoxy) is 1. The highest BCUT2D eigenvalue weighted by atomic mass is 35.5. The van der Waals surface area contributed by atoms with Gasteiger partial charge in [0, 0.05) is 5.02 Å². The van der Waals surface area contributed by atoms with E-state index in [2.05, 4.69) is 13.8 Å². The topological polar surface area (TPSA) is 35.2 Å². The van der Waals surface area contributed by atoms with Gasteiger partial charge in [0.05, 0.1) is 7.11 Å². The third kappa shape index (κ3) is 2.86. The van der Waals surface area contributed by atoms with Crippen molar-refractivity contribution in [2.24, 2.45) is 5.73 Å². The van der Waals surface area contributed by atoms with Crippen molar-refractivity contribution in [3.63, 3.8) is 0 Å². The summed E-state index contributed by atoms with van der Waals surface area (Å²) in [6.07, 6.45) is 0.916. The van der Waals surface area contributed by atoms with Crippen LogP contribution in [0.3, 0.4) is 0 Å². The summed E-state index contributed by atoms with van der Waals surface area (Å²) in [5.74, 6) is 0.785. The van der Waals surface area contributed by atoms with E-state index in [-0.39, 0.29) is 5.41 Å². The van der Waals surface area contributed by atoms with Gasteiger partial charge in [-0.25, -0.2) is 0 Å². The molecule has 1 aromatic carbocycles. The average molecular weight is 228 g/mol. The van der Waals surface area contributed by atoms with Crippen LogP contribution in [-0.4, -0.2) is 13.7 Å². The van der Waals surface area contributed by atoms with Gasteiger partial charge in [0.2, 0.25) is 0 Å². The smallest absolute Gasteiger partial charge is 0.120 e. The zero-order chi connectivity index (χ0) is 11.5. The molecule has 0 fully saturated rings. The van der Waals surface area contributed by atoms with Crippen molar-refractivity contribution >= 4 is 11.6 Å². The Morgan fingerprint density at radius 3 is 2.53 bits per heavy atom. The van der Waals surface area contributed by atoms with E-state index in [1.165, 1.54) is 0 Å². The van der Waals surface area contributed by atoms with Crippen molar-refractivity contribution in [2.45, 2.75) is 25.7 Å². The number of methoxy groups -OCH3 is 1. The lowest BCUT2D eigenvalue weighted by molar-refractivity contribution is 0.413. The quantitative estimate of drug-likeness (QED) is 0.859. The molecular weight excluding hydrogens is 210 g/mol. The van der Waals surface area contributed by atoms with Crippen molar-refractivity contribution in [2.75, 3.05) is 13.7 Å². The van der Waals surface area contributed by atoms with Gasteiger partial charge in [-0.3, -0.25) is 0 Å². The minimum atomic E-state index is 0.0120. The monoisotopic (exact) mass is 227 g/mol. The molecule has 0 saturated heterocycles. The molecule has 1 rings (SSSR count). The Hall–Kier alpha value is -0.730. The summed E-state index contributed by atoms with van der Waals surface area (Å²) >= 11 is 6.21. The molecule has 0 saturated carbocycles. The lowest BCUT2D eigenvalue weighted by Crippen LogP contribution is -2.22. The summed E-state index contributed by atoms with van der Waals surface area (Å²) in [6, 6.07) is 5.78. The molecule has 0 radical (unpaired) electrons. The van der Waals surface area contributed by atoms with E-state index in [1.807, 2.05) is 18.2 Å². The Kier molecular flexibility index (Phi) is 4.00. The average Bonchev–Trinajstić information content (AvgIpc) is 2.17. The van der Waals surface area contributed by atoms with E-state index < -0.39 is 0 Å². The molecule has 2 nitrogen and oxygen atoms in total. The predicted octanol–water partition coefficient (Wildman–Crippen LogP) is 2.98. The van der Waals surface area contributed by atoms with E-state index >= 15 is 0 Å². The predicted molar refractivity (Wildman–Crippen MR) is 64.7 cm³/mol. The lowest BCUT2D eigenvalue weighted by atomic mass is 9.81. The zero-order valence-electron chi connectivity index (χ0n) is 9.51. The molecule has 0 bridgehead atoms. The van der Waals surface area contributed by atoms with Gasteiger partial charge in [-0.1, -0.05) is 31.5 Å². The summed E-state index contributed by atoms with van der Waals surface area (Å²) in [5, 5.41) is 0.743. The third-order valence-electron chi connectivity index (χ3n) is 2.67. The summed E-state index contributed by atoms with van der Waals surface area (Å²) in [6.45, 7) is 4.95. The number of halogens is 1. The van der Waals surface area contributed by atoms with Gasteiger partial charge in [0.25, 0.3) is 0 Å². The van der Waals surface area contributed by atoms with Crippen LogP contribution >= 0.6 is 11.6 Å². The molecule has 2 N–H and O–H groups in total. The highest BCUT2D eigenvalue weighted by Crippen LogP contribution is 2.34. The Morgan fingerprint density at radius 1 is 1.40 bits per heavy atom. The van der Waals surface area contributed by atoms with Crippen molar-refractivity contribution < 1.29 is 4.74 Å². The van der Waals surface area contributed by atoms with E-state index in [9.17, 15) is 0 Å². The van der Waals surface area contributed by atoms with Crippen LogP contribution in [0.15, 0.2) is 18.2 Å². The molecule has 3 heteroatoms. The standard InChI is InChI=1S/C12H18ClNO/c1-12(2,6-7-14)10-5-4-9(15-3)8-11(10)13/h4-5,8H,6-7,14H2,1-3H3. The van der Waals surface area contributed by atoms with E-state index in [4.69, 9.17) is 22.1 Å². The summed E-state index contributed by atoms with van der Waals surface area (Å²) in [5.41, 5.74) is 6.72. The highest BCUT2D eigenvalue weighted by Gasteiger charge is 2.22. The molecule has 0 aromatic heterocycles. The van der Waals surface area contributed by atoms with E-state index in [0.29, 0.717) is 6.54 Å². The fourth-order valence-electron chi connectivity index (χ4n) is 1.67. The Bertz CT molecular complexity index is 336. The maximum atomic E-state index is 6.21. The molecule has 0 aliphatic carbocycles. The first-order valence-corrected chi connectivity index (χ1v) is 5.43. The van der Waals surface area contributed by atoms with Crippen LogP contribution in [0.1, 0.15) is 25.8 Å². The van der Waals surface area contributed by atoms with E-state index in [0.717, 1.165) is 22.8 Å². The second-order valence-corrected chi connectivity index (χ2v) is 4.68. The molecule has 0 spiro atoms. The normalized spacial score (nSPS) is 11.5. The minimum absolute atomic E-state index is 0.0120. The Morgan fingerprint density at radius 2 is 2.07 bits per heavy atom. The third-order valence-corrected chi connectivity index (χ3v) is 2.99. The van der Waals surface area contributed by atoms with Crippen molar-refractivity contribution in [3.8, 4) is 5.75 Å². The fourth-order valence-corrected chi connectivity index (χ4v) is 2.09. The molecule has 84 valence electrons. The van der Waals surface area contributed by atoms with Crippen molar-refractivity contribution in [1.82, 2.24) is 0 Å². The van der Waals surface area contributed by atoms with Crippen LogP contribution in [0, 0.1) is 0 Å². The van der Waals surface area contributed by atoms with Crippen LogP contribution in [0.2, 0.25) is 5.02 Å². The second-order valence-electron chi connectivity index (χ2n) is 4.27. The number of nitrogens with two attached hydrogens (primary N) is 1. The van der Waals surface area contributed by atoms with E-state index in [1.54, 1.807) is 7.11 Å². The maximum absolute atomic E-state index is 6.21. The highest BCUT2D eigenvalue weighted by molar-refractivity contribution is 6.31. The van der Waals surface area contributed by atoms with Crippen LogP contribution in [0.25, 0.3) is 0 Å². The summed E-state index contributed by atoms with van der Waals surface area (Å²) < 4.78 is 5.11. The van der Waals surface area contributed by atoms with Crippen LogP contribution in [-0.2, 0) is 5.41 Å². The molecule has 0 unspecified atom stereocenters. The number of hydrogen-bond acceptors (Lipinski definition) is 2. The minimum Gasteiger partial charge on any atom is -0.497 e. The molecule has 0 atom stereocenters. The number of rotatable bonds is 4. The van der Waals surface area contributed by atoms with Crippen LogP contribution in [0.4, 0.5) is 0 Å². The van der Waals surface area contributed by atoms with Gasteiger partial charge in [-0.15, -0.1) is 0 Å². The SMILES string of the molecule is COc1ccc(C(C)(C)CCN)c(Cl)c1. The first-order valence-electron chi connectivity index (χ1n) is 5.05. The molecule has 0 amide bonds. The first-order chi connectivity index (χ1) is 7.01. The fraction of sp³-hybridized carbons (Fsp3) is 0.500. The van der Waals surface area contributed by atoms with Gasteiger partial charge >= 0.3 is 0 Å². The zero-order valence-corrected chi connectivity index (χ0v) is 10.3. The number of hydrogen-bond donors (Lipinski definition) is 1. The van der Waals surface area contributed by atoms with Gasteiger partial charge in [0.1, 0.15) is 5.75 Å². The van der Waals surface area contributed by atoms with Gasteiger partial charge in [-0.05, 0) is 36.1 Å². The second kappa shape index (κ2) is 4.86. The molecule has 0 aliphatic rings. The summed E-state index contributed by atoms with van der Waals surface area (Å²) in [4.78, 5) is 0. The van der Waals surface area contributed by atoms with Crippen LogP contribution in [0.5, 0.6) is 5.75 Å². The van der Waals surface area contributed by atoms with Gasteiger partial charge in [0.15, 0.2) is 0 Å². The first kappa shape index (κ1) is 12.3. The molecule has 0 aliphatic heterocycles. The molecular formula is C12H18ClNO. The lowest BCUT2D eigenvalue weighted by Gasteiger charge is -2.25. The van der Waals surface area contributed by atoms with Crippen molar-refractivity contribution in [1.29, 1.82) is 0 Å². The number of benzene rings is 1. The Balaban J connectivity index is 3.04. The Labute approximate surface area is 96.4 Å². The largest absolute Gasteiger partial charge is 0.497 e. The van der Waals surface area contributed by atoms with Gasteiger partial charge in [-0.2, -0.15) is 0 Å². The molecule has 15 heavy (non-hydrogen) atoms. The summed E-state index contributed by atoms with van der Waals surface area (Å²) in [7, 11) is 1.64. The molecule has 1 aromatic rings. The maximum Gasteiger partial charge on any atom is 0.120 e. The van der Waals surface area contributed by atoms with Crippen LogP contribution < -0.4 is 10.5 Å². The molecule has 0 heterocycles.